The highest BCUT2D eigenvalue weighted by molar-refractivity contribution is 5.70. The van der Waals surface area contributed by atoms with Crippen molar-refractivity contribution in [2.24, 2.45) is 5.92 Å². The number of hydrogen-bond donors (Lipinski definition) is 1. The van der Waals surface area contributed by atoms with Gasteiger partial charge in [-0.15, -0.1) is 10.2 Å². The summed E-state index contributed by atoms with van der Waals surface area (Å²) in [6.45, 7) is 4.23. The van der Waals surface area contributed by atoms with Crippen molar-refractivity contribution in [2.75, 3.05) is 0 Å². The van der Waals surface area contributed by atoms with Crippen molar-refractivity contribution < 1.29 is 9.90 Å². The van der Waals surface area contributed by atoms with Gasteiger partial charge >= 0.3 is 5.97 Å². The summed E-state index contributed by atoms with van der Waals surface area (Å²) in [6, 6.07) is 9.82. The van der Waals surface area contributed by atoms with Crippen molar-refractivity contribution in [3.05, 3.63) is 48.0 Å². The number of aromatic nitrogens is 4. The van der Waals surface area contributed by atoms with Crippen molar-refractivity contribution in [1.82, 2.24) is 19.6 Å². The van der Waals surface area contributed by atoms with Gasteiger partial charge in [0.15, 0.2) is 5.65 Å². The molecule has 1 N–H and O–H groups in total. The van der Waals surface area contributed by atoms with Gasteiger partial charge in [0.1, 0.15) is 12.2 Å². The maximum atomic E-state index is 11.0. The van der Waals surface area contributed by atoms with Gasteiger partial charge in [-0.2, -0.15) is 0 Å². The molecule has 0 unspecified atom stereocenters. The van der Waals surface area contributed by atoms with Gasteiger partial charge in [0, 0.05) is 11.8 Å². The SMILES string of the molecule is CC(C)Cc1nc(-c2ccccc2)cn2c(CC(=O)O)nnc12. The number of nitrogens with zero attached hydrogens (tertiary/aromatic N) is 4. The average Bonchev–Trinajstić information content (AvgIpc) is 2.90. The van der Waals surface area contributed by atoms with Crippen LogP contribution in [-0.2, 0) is 17.6 Å². The predicted molar refractivity (Wildman–Crippen MR) is 86.1 cm³/mol. The summed E-state index contributed by atoms with van der Waals surface area (Å²) in [5.41, 5.74) is 3.25. The van der Waals surface area contributed by atoms with Gasteiger partial charge in [0.25, 0.3) is 0 Å². The summed E-state index contributed by atoms with van der Waals surface area (Å²) in [5, 5.41) is 17.2. The van der Waals surface area contributed by atoms with Crippen LogP contribution in [0.2, 0.25) is 0 Å². The van der Waals surface area contributed by atoms with Crippen molar-refractivity contribution in [1.29, 1.82) is 0 Å². The summed E-state index contributed by atoms with van der Waals surface area (Å²) < 4.78 is 1.75. The number of fused-ring (bicyclic) bond motifs is 1. The number of carboxylic acid groups (broad SMARTS) is 1. The summed E-state index contributed by atoms with van der Waals surface area (Å²) in [7, 11) is 0. The standard InChI is InChI=1S/C17H18N4O2/c1-11(2)8-13-17-20-19-15(9-16(22)23)21(17)10-14(18-13)12-6-4-3-5-7-12/h3-7,10-11H,8-9H2,1-2H3,(H,22,23). The molecule has 3 rings (SSSR count). The van der Waals surface area contributed by atoms with E-state index in [2.05, 4.69) is 24.0 Å². The third kappa shape index (κ3) is 3.21. The first kappa shape index (κ1) is 15.1. The molecule has 0 aliphatic rings. The van der Waals surface area contributed by atoms with E-state index in [4.69, 9.17) is 10.1 Å². The summed E-state index contributed by atoms with van der Waals surface area (Å²) in [5.74, 6) is -0.100. The van der Waals surface area contributed by atoms with E-state index in [0.29, 0.717) is 17.4 Å². The van der Waals surface area contributed by atoms with E-state index in [1.807, 2.05) is 36.5 Å². The van der Waals surface area contributed by atoms with Gasteiger partial charge < -0.3 is 5.11 Å². The zero-order valence-corrected chi connectivity index (χ0v) is 13.1. The Balaban J connectivity index is 2.19. The van der Waals surface area contributed by atoms with Gasteiger partial charge in [-0.25, -0.2) is 4.98 Å². The van der Waals surface area contributed by atoms with Crippen LogP contribution in [0.5, 0.6) is 0 Å². The van der Waals surface area contributed by atoms with Crippen molar-refractivity contribution in [2.45, 2.75) is 26.7 Å². The van der Waals surface area contributed by atoms with Crippen molar-refractivity contribution in [3.8, 4) is 11.3 Å². The smallest absolute Gasteiger partial charge is 0.311 e. The Bertz CT molecular complexity index is 840. The normalized spacial score (nSPS) is 11.3. The average molecular weight is 310 g/mol. The van der Waals surface area contributed by atoms with Crippen LogP contribution in [0, 0.1) is 5.92 Å². The molecule has 0 saturated carbocycles. The Morgan fingerprint density at radius 3 is 2.61 bits per heavy atom. The van der Waals surface area contributed by atoms with Crippen molar-refractivity contribution >= 4 is 11.6 Å². The van der Waals surface area contributed by atoms with Crippen LogP contribution < -0.4 is 0 Å². The fraction of sp³-hybridized carbons (Fsp3) is 0.294. The molecular formula is C17H18N4O2. The Labute approximate surface area is 133 Å². The van der Waals surface area contributed by atoms with E-state index in [0.717, 1.165) is 23.4 Å². The summed E-state index contributed by atoms with van der Waals surface area (Å²) in [4.78, 5) is 15.8. The van der Waals surface area contributed by atoms with Gasteiger partial charge in [-0.3, -0.25) is 9.20 Å². The van der Waals surface area contributed by atoms with E-state index in [1.165, 1.54) is 0 Å². The molecule has 0 saturated heterocycles. The first-order valence-electron chi connectivity index (χ1n) is 7.55. The molecule has 6 nitrogen and oxygen atoms in total. The molecule has 6 heteroatoms. The van der Waals surface area contributed by atoms with Gasteiger partial charge in [0.2, 0.25) is 0 Å². The number of hydrogen-bond acceptors (Lipinski definition) is 4. The number of carbonyl (C=O) groups is 1. The molecule has 0 bridgehead atoms. The Morgan fingerprint density at radius 1 is 1.22 bits per heavy atom. The van der Waals surface area contributed by atoms with E-state index in [9.17, 15) is 4.79 Å². The number of carboxylic acids is 1. The quantitative estimate of drug-likeness (QED) is 0.783. The van der Waals surface area contributed by atoms with Crippen LogP contribution in [0.25, 0.3) is 16.9 Å². The van der Waals surface area contributed by atoms with Crippen LogP contribution in [0.4, 0.5) is 0 Å². The molecule has 118 valence electrons. The lowest BCUT2D eigenvalue weighted by Gasteiger charge is -2.09. The van der Waals surface area contributed by atoms with Gasteiger partial charge in [-0.1, -0.05) is 44.2 Å². The van der Waals surface area contributed by atoms with Crippen LogP contribution in [-0.4, -0.2) is 30.7 Å². The second-order valence-corrected chi connectivity index (χ2v) is 5.92. The fourth-order valence-electron chi connectivity index (χ4n) is 2.53. The molecule has 2 aromatic heterocycles. The maximum Gasteiger partial charge on any atom is 0.311 e. The Kier molecular flexibility index (Phi) is 4.06. The summed E-state index contributed by atoms with van der Waals surface area (Å²) >= 11 is 0. The van der Waals surface area contributed by atoms with Gasteiger partial charge in [-0.05, 0) is 12.3 Å². The maximum absolute atomic E-state index is 11.0. The highest BCUT2D eigenvalue weighted by Crippen LogP contribution is 2.21. The van der Waals surface area contributed by atoms with E-state index in [-0.39, 0.29) is 6.42 Å². The first-order valence-corrected chi connectivity index (χ1v) is 7.55. The molecule has 23 heavy (non-hydrogen) atoms. The summed E-state index contributed by atoms with van der Waals surface area (Å²) in [6.07, 6.45) is 2.41. The molecule has 0 atom stereocenters. The first-order chi connectivity index (χ1) is 11.0. The van der Waals surface area contributed by atoms with E-state index in [1.54, 1.807) is 4.40 Å². The predicted octanol–water partition coefficient (Wildman–Crippen LogP) is 2.62. The molecule has 2 heterocycles. The molecule has 0 aliphatic carbocycles. The van der Waals surface area contributed by atoms with Crippen LogP contribution in [0.15, 0.2) is 36.5 Å². The minimum Gasteiger partial charge on any atom is -0.481 e. The van der Waals surface area contributed by atoms with Crippen LogP contribution >= 0.6 is 0 Å². The lowest BCUT2D eigenvalue weighted by atomic mass is 10.1. The second kappa shape index (κ2) is 6.16. The number of rotatable bonds is 5. The van der Waals surface area contributed by atoms with E-state index < -0.39 is 5.97 Å². The molecule has 0 aliphatic heterocycles. The molecular weight excluding hydrogens is 292 g/mol. The number of benzene rings is 1. The third-order valence-electron chi connectivity index (χ3n) is 3.51. The zero-order chi connectivity index (χ0) is 16.4. The minimum atomic E-state index is -0.928. The van der Waals surface area contributed by atoms with Crippen LogP contribution in [0.3, 0.4) is 0 Å². The molecule has 0 fully saturated rings. The van der Waals surface area contributed by atoms with E-state index >= 15 is 0 Å². The monoisotopic (exact) mass is 310 g/mol. The fourth-order valence-corrected chi connectivity index (χ4v) is 2.53. The number of aliphatic carboxylic acids is 1. The lowest BCUT2D eigenvalue weighted by molar-refractivity contribution is -0.136. The van der Waals surface area contributed by atoms with Crippen molar-refractivity contribution in [3.63, 3.8) is 0 Å². The minimum absolute atomic E-state index is 0.166. The molecule has 0 amide bonds. The lowest BCUT2D eigenvalue weighted by Crippen LogP contribution is -2.07. The highest BCUT2D eigenvalue weighted by Gasteiger charge is 2.16. The topological polar surface area (TPSA) is 80.4 Å². The third-order valence-corrected chi connectivity index (χ3v) is 3.51. The molecule has 0 radical (unpaired) electrons. The zero-order valence-electron chi connectivity index (χ0n) is 13.1. The second-order valence-electron chi connectivity index (χ2n) is 5.92. The Hall–Kier alpha value is -2.76. The molecule has 3 aromatic rings. The molecule has 0 spiro atoms. The van der Waals surface area contributed by atoms with Gasteiger partial charge in [0.05, 0.1) is 11.4 Å². The highest BCUT2D eigenvalue weighted by atomic mass is 16.4. The largest absolute Gasteiger partial charge is 0.481 e. The Morgan fingerprint density at radius 2 is 1.96 bits per heavy atom. The van der Waals surface area contributed by atoms with Crippen LogP contribution in [0.1, 0.15) is 25.4 Å². The molecule has 1 aromatic carbocycles.